The molecule has 0 aliphatic carbocycles. The van der Waals surface area contributed by atoms with Gasteiger partial charge in [-0.05, 0) is 42.4 Å². The van der Waals surface area contributed by atoms with E-state index in [1.165, 1.54) is 0 Å². The summed E-state index contributed by atoms with van der Waals surface area (Å²) in [5.74, 6) is 0.106. The minimum absolute atomic E-state index is 0.0881. The van der Waals surface area contributed by atoms with Crippen LogP contribution in [-0.4, -0.2) is 24.7 Å². The van der Waals surface area contributed by atoms with Gasteiger partial charge in [0.2, 0.25) is 0 Å². The summed E-state index contributed by atoms with van der Waals surface area (Å²) in [6, 6.07) is 18.3. The van der Waals surface area contributed by atoms with Crippen LogP contribution in [0.25, 0.3) is 11.1 Å². The number of fused-ring (bicyclic) bond motifs is 2. The van der Waals surface area contributed by atoms with Crippen LogP contribution < -0.4 is 0 Å². The molecular weight excluding hydrogens is 332 g/mol. The Morgan fingerprint density at radius 3 is 2.00 bits per heavy atom. The molecule has 0 spiro atoms. The molecule has 0 amide bonds. The molecule has 2 saturated heterocycles. The van der Waals surface area contributed by atoms with E-state index in [-0.39, 0.29) is 22.2 Å². The van der Waals surface area contributed by atoms with Crippen molar-refractivity contribution in [3.63, 3.8) is 0 Å². The van der Waals surface area contributed by atoms with Crippen LogP contribution in [0.4, 0.5) is 0 Å². The van der Waals surface area contributed by atoms with E-state index in [1.54, 1.807) is 0 Å². The molecule has 2 atom stereocenters. The Kier molecular flexibility index (Phi) is 4.24. The van der Waals surface area contributed by atoms with Crippen molar-refractivity contribution in [3.8, 4) is 11.1 Å². The maximum absolute atomic E-state index is 12.7. The third-order valence-electron chi connectivity index (χ3n) is 5.73. The van der Waals surface area contributed by atoms with Gasteiger partial charge in [0, 0.05) is 12.3 Å². The molecule has 0 aromatic heterocycles. The van der Waals surface area contributed by atoms with Gasteiger partial charge in [-0.3, -0.25) is 4.79 Å². The fourth-order valence-corrected chi connectivity index (χ4v) is 6.74. The number of Topliss-reactive ketones (excluding diaryl/α,β-unsaturated/α-hetero) is 1. The molecule has 2 aromatic carbocycles. The van der Waals surface area contributed by atoms with E-state index in [1.807, 2.05) is 42.5 Å². The first-order valence-electron chi connectivity index (χ1n) is 8.94. The zero-order chi connectivity index (χ0) is 17.4. The molecule has 0 N–H and O–H groups in total. The van der Waals surface area contributed by atoms with Crippen molar-refractivity contribution in [2.24, 2.45) is 5.92 Å². The third-order valence-corrected chi connectivity index (χ3v) is 8.44. The van der Waals surface area contributed by atoms with Gasteiger partial charge in [0.25, 0.3) is 0 Å². The number of benzene rings is 2. The van der Waals surface area contributed by atoms with Crippen molar-refractivity contribution >= 4 is 15.6 Å². The lowest BCUT2D eigenvalue weighted by molar-refractivity contribution is -0.122. The molecule has 2 aromatic rings. The van der Waals surface area contributed by atoms with Gasteiger partial charge >= 0.3 is 0 Å². The highest BCUT2D eigenvalue weighted by molar-refractivity contribution is 7.93. The minimum Gasteiger partial charge on any atom is -0.299 e. The molecule has 0 saturated carbocycles. The highest BCUT2D eigenvalue weighted by Gasteiger charge is 2.48. The van der Waals surface area contributed by atoms with Crippen LogP contribution in [0.1, 0.15) is 31.2 Å². The van der Waals surface area contributed by atoms with E-state index in [9.17, 15) is 13.2 Å². The highest BCUT2D eigenvalue weighted by Crippen LogP contribution is 2.41. The maximum Gasteiger partial charge on any atom is 0.156 e. The SMILES string of the molecule is O=C(Cc1ccc(-c2ccccc2)cc1)C1CC2CCC(C1)S2(=O)=O. The lowest BCUT2D eigenvalue weighted by Gasteiger charge is -2.27. The summed E-state index contributed by atoms with van der Waals surface area (Å²) in [7, 11) is -2.96. The predicted octanol–water partition coefficient (Wildman–Crippen LogP) is 3.82. The Hall–Kier alpha value is -1.94. The maximum atomic E-state index is 12.7. The third kappa shape index (κ3) is 3.15. The lowest BCUT2D eigenvalue weighted by Crippen LogP contribution is -2.36. The van der Waals surface area contributed by atoms with Crippen LogP contribution in [0.5, 0.6) is 0 Å². The Balaban J connectivity index is 1.43. The summed E-state index contributed by atoms with van der Waals surface area (Å²) in [6.07, 6.45) is 2.93. The van der Waals surface area contributed by atoms with Gasteiger partial charge in [-0.2, -0.15) is 0 Å². The molecule has 25 heavy (non-hydrogen) atoms. The molecule has 4 heteroatoms. The first kappa shape index (κ1) is 16.5. The van der Waals surface area contributed by atoms with E-state index < -0.39 is 9.84 Å². The number of carbonyl (C=O) groups excluding carboxylic acids is 1. The van der Waals surface area contributed by atoms with Crippen LogP contribution in [-0.2, 0) is 21.1 Å². The molecule has 2 fully saturated rings. The van der Waals surface area contributed by atoms with Crippen LogP contribution in [0.3, 0.4) is 0 Å². The molecule has 4 rings (SSSR count). The van der Waals surface area contributed by atoms with Crippen molar-refractivity contribution in [2.45, 2.75) is 42.6 Å². The number of rotatable bonds is 4. The van der Waals surface area contributed by atoms with Gasteiger partial charge in [0.15, 0.2) is 9.84 Å². The topological polar surface area (TPSA) is 51.2 Å². The van der Waals surface area contributed by atoms with Gasteiger partial charge in [0.1, 0.15) is 5.78 Å². The number of hydrogen-bond acceptors (Lipinski definition) is 3. The van der Waals surface area contributed by atoms with Gasteiger partial charge in [-0.25, -0.2) is 8.42 Å². The smallest absolute Gasteiger partial charge is 0.156 e. The standard InChI is InChI=1S/C21H22O3S/c22-21(18-13-19-10-11-20(14-18)25(19,23)24)12-15-6-8-17(9-7-15)16-4-2-1-3-5-16/h1-9,18-20H,10-14H2. The summed E-state index contributed by atoms with van der Waals surface area (Å²) >= 11 is 0. The second-order valence-electron chi connectivity index (χ2n) is 7.28. The average Bonchev–Trinajstić information content (AvgIpc) is 2.81. The van der Waals surface area contributed by atoms with Crippen molar-refractivity contribution in [2.75, 3.05) is 0 Å². The Morgan fingerprint density at radius 1 is 0.840 bits per heavy atom. The van der Waals surface area contributed by atoms with Gasteiger partial charge < -0.3 is 0 Å². The molecular formula is C21H22O3S. The Labute approximate surface area is 149 Å². The molecule has 2 aliphatic rings. The van der Waals surface area contributed by atoms with Crippen LogP contribution in [0.2, 0.25) is 0 Å². The predicted molar refractivity (Wildman–Crippen MR) is 99.0 cm³/mol. The second-order valence-corrected chi connectivity index (χ2v) is 9.80. The lowest BCUT2D eigenvalue weighted by atomic mass is 9.90. The summed E-state index contributed by atoms with van der Waals surface area (Å²) in [4.78, 5) is 12.7. The summed E-state index contributed by atoms with van der Waals surface area (Å²) < 4.78 is 24.3. The summed E-state index contributed by atoms with van der Waals surface area (Å²) in [5, 5.41) is -0.554. The number of ketones is 1. The normalized spacial score (nSPS) is 27.1. The van der Waals surface area contributed by atoms with Gasteiger partial charge in [-0.1, -0.05) is 54.6 Å². The zero-order valence-electron chi connectivity index (χ0n) is 14.1. The summed E-state index contributed by atoms with van der Waals surface area (Å²) in [6.45, 7) is 0. The van der Waals surface area contributed by atoms with E-state index >= 15 is 0 Å². The quantitative estimate of drug-likeness (QED) is 0.839. The Morgan fingerprint density at radius 2 is 1.40 bits per heavy atom. The first-order valence-corrected chi connectivity index (χ1v) is 10.5. The zero-order valence-corrected chi connectivity index (χ0v) is 14.9. The number of hydrogen-bond donors (Lipinski definition) is 0. The van der Waals surface area contributed by atoms with E-state index in [0.717, 1.165) is 29.5 Å². The van der Waals surface area contributed by atoms with E-state index in [4.69, 9.17) is 0 Å². The summed E-state index contributed by atoms with van der Waals surface area (Å²) in [5.41, 5.74) is 3.30. The van der Waals surface area contributed by atoms with Crippen molar-refractivity contribution in [3.05, 3.63) is 60.2 Å². The van der Waals surface area contributed by atoms with Crippen molar-refractivity contribution in [1.82, 2.24) is 0 Å². The molecule has 3 nitrogen and oxygen atoms in total. The number of sulfone groups is 1. The molecule has 2 aliphatic heterocycles. The number of carbonyl (C=O) groups is 1. The average molecular weight is 354 g/mol. The van der Waals surface area contributed by atoms with Gasteiger partial charge in [-0.15, -0.1) is 0 Å². The van der Waals surface area contributed by atoms with E-state index in [2.05, 4.69) is 12.1 Å². The molecule has 2 heterocycles. The fraction of sp³-hybridized carbons (Fsp3) is 0.381. The molecule has 130 valence electrons. The Bertz CT molecular complexity index is 849. The van der Waals surface area contributed by atoms with Gasteiger partial charge in [0.05, 0.1) is 10.5 Å². The van der Waals surface area contributed by atoms with E-state index in [0.29, 0.717) is 19.3 Å². The van der Waals surface area contributed by atoms with Crippen LogP contribution in [0.15, 0.2) is 54.6 Å². The van der Waals surface area contributed by atoms with Crippen LogP contribution >= 0.6 is 0 Å². The molecule has 0 radical (unpaired) electrons. The van der Waals surface area contributed by atoms with Crippen molar-refractivity contribution in [1.29, 1.82) is 0 Å². The molecule has 2 bridgehead atoms. The fourth-order valence-electron chi connectivity index (χ4n) is 4.26. The minimum atomic E-state index is -2.96. The van der Waals surface area contributed by atoms with Crippen LogP contribution in [0, 0.1) is 5.92 Å². The first-order chi connectivity index (χ1) is 12.0. The van der Waals surface area contributed by atoms with Crippen molar-refractivity contribution < 1.29 is 13.2 Å². The largest absolute Gasteiger partial charge is 0.299 e. The monoisotopic (exact) mass is 354 g/mol. The molecule has 2 unspecified atom stereocenters. The highest BCUT2D eigenvalue weighted by atomic mass is 32.2. The second kappa shape index (κ2) is 6.41.